The normalized spacial score (nSPS) is 24.9. The minimum absolute atomic E-state index is 0. The van der Waals surface area contributed by atoms with Crippen molar-refractivity contribution in [2.24, 2.45) is 0 Å². The van der Waals surface area contributed by atoms with Crippen LogP contribution in [0.4, 0.5) is 10.6 Å². The number of hydrogen-bond acceptors (Lipinski definition) is 11. The number of ether oxygens (including phenoxy) is 1. The molecule has 6 N–H and O–H groups in total. The molecule has 1 aliphatic rings. The van der Waals surface area contributed by atoms with Crippen LogP contribution in [-0.2, 0) is 9.53 Å². The fourth-order valence-electron chi connectivity index (χ4n) is 3.07. The molecule has 0 unspecified atom stereocenters. The number of aliphatic carboxylic acids is 1. The SMILES string of the molecule is CC[C@@H](O)[C@H](NC(=O)Nc1ncnc2c1ncn2[C@@H]1O[C@H](CO)[C@@H](O)[C@H]1O)C(=O)[O-].[Na+]. The fraction of sp³-hybridized carbons (Fsp3) is 0.562. The molecule has 164 valence electrons. The van der Waals surface area contributed by atoms with Crippen LogP contribution < -0.4 is 45.3 Å². The molecule has 0 radical (unpaired) electrons. The van der Waals surface area contributed by atoms with Crippen molar-refractivity contribution in [3.8, 4) is 0 Å². The number of fused-ring (bicyclic) bond motifs is 1. The number of aliphatic hydroxyl groups is 4. The van der Waals surface area contributed by atoms with Gasteiger partial charge in [-0.05, 0) is 6.42 Å². The number of carboxylic acid groups (broad SMARTS) is 1. The quantitative estimate of drug-likeness (QED) is 0.219. The van der Waals surface area contributed by atoms with Crippen LogP contribution in [-0.4, -0.2) is 89.0 Å². The van der Waals surface area contributed by atoms with E-state index < -0.39 is 55.3 Å². The van der Waals surface area contributed by atoms with Crippen molar-refractivity contribution in [1.29, 1.82) is 0 Å². The van der Waals surface area contributed by atoms with Crippen molar-refractivity contribution < 1.29 is 69.4 Å². The number of amides is 2. The zero-order valence-corrected chi connectivity index (χ0v) is 18.7. The van der Waals surface area contributed by atoms with Crippen molar-refractivity contribution in [2.45, 2.75) is 50.0 Å². The summed E-state index contributed by atoms with van der Waals surface area (Å²) in [5.74, 6) is -1.73. The molecule has 6 atom stereocenters. The molecule has 31 heavy (non-hydrogen) atoms. The van der Waals surface area contributed by atoms with Gasteiger partial charge in [-0.15, -0.1) is 0 Å². The molecular formula is C16H21N6NaO8. The molecular weight excluding hydrogens is 427 g/mol. The number of carbonyl (C=O) groups excluding carboxylic acids is 2. The van der Waals surface area contributed by atoms with Gasteiger partial charge < -0.3 is 40.4 Å². The number of nitrogens with zero attached hydrogens (tertiary/aromatic N) is 4. The number of carbonyl (C=O) groups is 2. The molecule has 0 saturated carbocycles. The van der Waals surface area contributed by atoms with E-state index >= 15 is 0 Å². The third-order valence-corrected chi connectivity index (χ3v) is 4.73. The molecule has 0 aliphatic carbocycles. The first-order valence-electron chi connectivity index (χ1n) is 9.04. The van der Waals surface area contributed by atoms with Crippen LogP contribution in [0, 0.1) is 0 Å². The summed E-state index contributed by atoms with van der Waals surface area (Å²) in [5.41, 5.74) is 0.228. The van der Waals surface area contributed by atoms with E-state index in [9.17, 15) is 35.1 Å². The minimum Gasteiger partial charge on any atom is -0.548 e. The van der Waals surface area contributed by atoms with Crippen molar-refractivity contribution in [3.63, 3.8) is 0 Å². The summed E-state index contributed by atoms with van der Waals surface area (Å²) in [7, 11) is 0. The van der Waals surface area contributed by atoms with Crippen LogP contribution in [0.25, 0.3) is 11.2 Å². The molecule has 3 rings (SSSR count). The molecule has 1 aliphatic heterocycles. The summed E-state index contributed by atoms with van der Waals surface area (Å²) < 4.78 is 6.74. The molecule has 3 heterocycles. The van der Waals surface area contributed by atoms with Crippen LogP contribution in [0.1, 0.15) is 19.6 Å². The van der Waals surface area contributed by atoms with Crippen molar-refractivity contribution in [3.05, 3.63) is 12.7 Å². The van der Waals surface area contributed by atoms with Gasteiger partial charge in [-0.2, -0.15) is 0 Å². The number of hydrogen-bond donors (Lipinski definition) is 6. The van der Waals surface area contributed by atoms with E-state index in [4.69, 9.17) is 4.74 Å². The first-order valence-corrected chi connectivity index (χ1v) is 9.04. The van der Waals surface area contributed by atoms with Crippen molar-refractivity contribution >= 4 is 29.0 Å². The number of urea groups is 1. The van der Waals surface area contributed by atoms with Crippen molar-refractivity contribution in [2.75, 3.05) is 11.9 Å². The zero-order valence-electron chi connectivity index (χ0n) is 16.7. The predicted molar refractivity (Wildman–Crippen MR) is 95.6 cm³/mol. The number of aliphatic hydroxyl groups excluding tert-OH is 4. The van der Waals surface area contributed by atoms with E-state index in [0.29, 0.717) is 0 Å². The summed E-state index contributed by atoms with van der Waals surface area (Å²) in [6.07, 6.45) is -3.73. The molecule has 1 fully saturated rings. The van der Waals surface area contributed by atoms with Gasteiger partial charge in [0.2, 0.25) is 0 Å². The summed E-state index contributed by atoms with van der Waals surface area (Å²) >= 11 is 0. The van der Waals surface area contributed by atoms with Gasteiger partial charge in [-0.3, -0.25) is 9.88 Å². The first-order chi connectivity index (χ1) is 14.3. The third-order valence-electron chi connectivity index (χ3n) is 4.73. The molecule has 2 amide bonds. The largest absolute Gasteiger partial charge is 1.00 e. The summed E-state index contributed by atoms with van der Waals surface area (Å²) in [6, 6.07) is -2.61. The smallest absolute Gasteiger partial charge is 0.548 e. The van der Waals surface area contributed by atoms with Gasteiger partial charge in [0.15, 0.2) is 23.2 Å². The fourth-order valence-corrected chi connectivity index (χ4v) is 3.07. The Hall–Kier alpha value is -1.91. The molecule has 0 bridgehead atoms. The van der Waals surface area contributed by atoms with Crippen LogP contribution in [0.5, 0.6) is 0 Å². The standard InChI is InChI=1S/C16H22N6O8.Na/c1-2-6(24)8(15(27)28)20-16(29)21-12-9-13(18-4-17-12)22(5-19-9)14-11(26)10(25)7(3-23)30-14;/h4-8,10-11,14,23-26H,2-3H2,1H3,(H,27,28)(H2,17,18,20,21,29);/q;+1/p-1/t6-,7-,8+,10-,11-,14-;/m1./s1. The molecule has 2 aromatic heterocycles. The van der Waals surface area contributed by atoms with Gasteiger partial charge in [0.25, 0.3) is 0 Å². The van der Waals surface area contributed by atoms with Gasteiger partial charge in [0.05, 0.1) is 31.0 Å². The Morgan fingerprint density at radius 1 is 1.29 bits per heavy atom. The summed E-state index contributed by atoms with van der Waals surface area (Å²) in [4.78, 5) is 35.3. The monoisotopic (exact) mass is 448 g/mol. The first kappa shape index (κ1) is 25.4. The minimum atomic E-state index is -1.65. The van der Waals surface area contributed by atoms with Gasteiger partial charge >= 0.3 is 35.6 Å². The summed E-state index contributed by atoms with van der Waals surface area (Å²) in [6.45, 7) is 1.03. The Balaban J connectivity index is 0.00000341. The van der Waals surface area contributed by atoms with Gasteiger partial charge in [-0.1, -0.05) is 6.92 Å². The topological polar surface area (TPSA) is 215 Å². The number of rotatable bonds is 7. The molecule has 0 aromatic carbocycles. The second-order valence-electron chi connectivity index (χ2n) is 6.65. The predicted octanol–water partition coefficient (Wildman–Crippen LogP) is -6.55. The van der Waals surface area contributed by atoms with Crippen LogP contribution in [0.15, 0.2) is 12.7 Å². The second kappa shape index (κ2) is 10.6. The van der Waals surface area contributed by atoms with Crippen LogP contribution >= 0.6 is 0 Å². The molecule has 0 spiro atoms. The number of anilines is 1. The van der Waals surface area contributed by atoms with Crippen molar-refractivity contribution in [1.82, 2.24) is 24.8 Å². The maximum atomic E-state index is 12.2. The Labute approximate surface area is 197 Å². The van der Waals surface area contributed by atoms with Crippen LogP contribution in [0.3, 0.4) is 0 Å². The maximum Gasteiger partial charge on any atom is 1.00 e. The number of carboxylic acids is 1. The van der Waals surface area contributed by atoms with E-state index in [2.05, 4.69) is 25.6 Å². The maximum absolute atomic E-state index is 12.2. The summed E-state index contributed by atoms with van der Waals surface area (Å²) in [5, 5.41) is 54.6. The van der Waals surface area contributed by atoms with Gasteiger partial charge in [0, 0.05) is 0 Å². The number of nitrogens with one attached hydrogen (secondary N) is 2. The van der Waals surface area contributed by atoms with E-state index in [1.165, 1.54) is 10.9 Å². The Kier molecular flexibility index (Phi) is 8.67. The number of aromatic nitrogens is 4. The molecule has 2 aromatic rings. The molecule has 1 saturated heterocycles. The van der Waals surface area contributed by atoms with E-state index in [1.54, 1.807) is 6.92 Å². The average molecular weight is 448 g/mol. The Morgan fingerprint density at radius 2 is 2.00 bits per heavy atom. The Bertz CT molecular complexity index is 929. The van der Waals surface area contributed by atoms with Gasteiger partial charge in [-0.25, -0.2) is 19.7 Å². The second-order valence-corrected chi connectivity index (χ2v) is 6.65. The number of imidazole rings is 1. The average Bonchev–Trinajstić information content (AvgIpc) is 3.27. The molecule has 14 nitrogen and oxygen atoms in total. The van der Waals surface area contributed by atoms with E-state index in [0.717, 1.165) is 6.33 Å². The van der Waals surface area contributed by atoms with E-state index in [1.807, 2.05) is 0 Å². The van der Waals surface area contributed by atoms with Crippen LogP contribution in [0.2, 0.25) is 0 Å². The molecule has 15 heteroatoms. The van der Waals surface area contributed by atoms with Gasteiger partial charge in [0.1, 0.15) is 24.6 Å². The Morgan fingerprint density at radius 3 is 2.58 bits per heavy atom. The van der Waals surface area contributed by atoms with E-state index in [-0.39, 0.29) is 53.0 Å². The third kappa shape index (κ3) is 5.12. The zero-order chi connectivity index (χ0) is 22.0.